The van der Waals surface area contributed by atoms with E-state index in [1.54, 1.807) is 0 Å². The van der Waals surface area contributed by atoms with E-state index >= 15 is 0 Å². The molecule has 0 aliphatic heterocycles. The first-order valence-corrected chi connectivity index (χ1v) is 13.0. The lowest BCUT2D eigenvalue weighted by molar-refractivity contribution is -0.143. The number of methoxy groups -OCH3 is 1. The fraction of sp³-hybridized carbons (Fsp3) is 0.630. The summed E-state index contributed by atoms with van der Waals surface area (Å²) >= 11 is 0. The lowest BCUT2D eigenvalue weighted by atomic mass is 9.83. The maximum absolute atomic E-state index is 13.5. The van der Waals surface area contributed by atoms with Crippen molar-refractivity contribution in [2.24, 2.45) is 23.7 Å². The Bertz CT molecular complexity index is 1040. The molecule has 2 bridgehead atoms. The van der Waals surface area contributed by atoms with Gasteiger partial charge in [-0.3, -0.25) is 14.4 Å². The van der Waals surface area contributed by atoms with Gasteiger partial charge in [0, 0.05) is 18.7 Å². The Morgan fingerprint density at radius 1 is 1.08 bits per heavy atom. The fourth-order valence-electron chi connectivity index (χ4n) is 6.17. The van der Waals surface area contributed by atoms with Crippen LogP contribution in [0.15, 0.2) is 12.1 Å². The molecule has 1 aromatic carbocycles. The molecule has 3 fully saturated rings. The molecule has 3 saturated carbocycles. The number of carboxylic acid groups (broad SMARTS) is 1. The largest absolute Gasteiger partial charge is 0.496 e. The van der Waals surface area contributed by atoms with Gasteiger partial charge in [-0.25, -0.2) is 0 Å². The van der Waals surface area contributed by atoms with Gasteiger partial charge in [-0.15, -0.1) is 0 Å². The molecule has 9 nitrogen and oxygen atoms in total. The molecule has 194 valence electrons. The number of aliphatic carboxylic acids is 1. The Kier molecular flexibility index (Phi) is 8.02. The average molecular weight is 498 g/mol. The van der Waals surface area contributed by atoms with Crippen LogP contribution < -0.4 is 20.1 Å². The van der Waals surface area contributed by atoms with Crippen LogP contribution in [-0.4, -0.2) is 48.7 Å². The molecule has 4 atom stereocenters. The summed E-state index contributed by atoms with van der Waals surface area (Å²) in [4.78, 5) is 37.6. The van der Waals surface area contributed by atoms with Gasteiger partial charge in [0.1, 0.15) is 17.6 Å². The van der Waals surface area contributed by atoms with E-state index in [1.165, 1.54) is 19.2 Å². The molecule has 1 aromatic rings. The van der Waals surface area contributed by atoms with Crippen LogP contribution in [-0.2, 0) is 9.59 Å². The van der Waals surface area contributed by atoms with E-state index in [0.29, 0.717) is 32.2 Å². The second-order valence-corrected chi connectivity index (χ2v) is 10.2. The summed E-state index contributed by atoms with van der Waals surface area (Å²) < 4.78 is 11.5. The summed E-state index contributed by atoms with van der Waals surface area (Å²) in [5.41, 5.74) is 0.502. The summed E-state index contributed by atoms with van der Waals surface area (Å²) in [6.07, 6.45) is 5.71. The maximum Gasteiger partial charge on any atom is 0.306 e. The molecule has 0 heterocycles. The van der Waals surface area contributed by atoms with Crippen molar-refractivity contribution in [3.05, 3.63) is 23.3 Å². The molecule has 9 heteroatoms. The molecule has 4 rings (SSSR count). The summed E-state index contributed by atoms with van der Waals surface area (Å²) in [7, 11) is 1.44. The van der Waals surface area contributed by atoms with Crippen LogP contribution in [0.2, 0.25) is 0 Å². The molecule has 0 spiro atoms. The topological polar surface area (TPSA) is 138 Å². The minimum absolute atomic E-state index is 0.00197. The van der Waals surface area contributed by atoms with Gasteiger partial charge in [-0.1, -0.05) is 6.92 Å². The zero-order chi connectivity index (χ0) is 25.8. The number of benzene rings is 1. The number of carbonyl (C=O) groups excluding carboxylic acids is 2. The predicted molar refractivity (Wildman–Crippen MR) is 131 cm³/mol. The molecule has 4 unspecified atom stereocenters. The number of nitrogens with one attached hydrogen (secondary N) is 2. The van der Waals surface area contributed by atoms with Gasteiger partial charge in [-0.2, -0.15) is 5.26 Å². The zero-order valence-electron chi connectivity index (χ0n) is 20.9. The molecular weight excluding hydrogens is 462 g/mol. The number of fused-ring (bicyclic) bond motifs is 2. The first-order valence-electron chi connectivity index (χ1n) is 13.0. The highest BCUT2D eigenvalue weighted by Crippen LogP contribution is 2.49. The van der Waals surface area contributed by atoms with Crippen molar-refractivity contribution in [1.29, 1.82) is 5.26 Å². The van der Waals surface area contributed by atoms with E-state index in [1.807, 2.05) is 6.92 Å². The number of hydrogen-bond acceptors (Lipinski definition) is 6. The number of amides is 2. The van der Waals surface area contributed by atoms with Gasteiger partial charge < -0.3 is 25.2 Å². The number of nitrogens with zero attached hydrogens (tertiary/aromatic N) is 1. The lowest BCUT2D eigenvalue weighted by Crippen LogP contribution is -2.50. The number of carboxylic acids is 1. The third-order valence-electron chi connectivity index (χ3n) is 8.05. The monoisotopic (exact) mass is 497 g/mol. The van der Waals surface area contributed by atoms with E-state index in [2.05, 4.69) is 16.7 Å². The summed E-state index contributed by atoms with van der Waals surface area (Å²) in [6, 6.07) is 4.90. The van der Waals surface area contributed by atoms with Crippen LogP contribution in [0.3, 0.4) is 0 Å². The Hall–Kier alpha value is -3.28. The third kappa shape index (κ3) is 5.28. The molecular formula is C27H35N3O6. The van der Waals surface area contributed by atoms with E-state index in [-0.39, 0.29) is 70.3 Å². The Balaban J connectivity index is 1.52. The van der Waals surface area contributed by atoms with E-state index < -0.39 is 5.97 Å². The molecule has 0 radical (unpaired) electrons. The van der Waals surface area contributed by atoms with Crippen molar-refractivity contribution < 1.29 is 29.0 Å². The van der Waals surface area contributed by atoms with Gasteiger partial charge in [-0.05, 0) is 69.3 Å². The summed E-state index contributed by atoms with van der Waals surface area (Å²) in [5.74, 6) is -0.680. The van der Waals surface area contributed by atoms with E-state index in [9.17, 15) is 24.8 Å². The highest BCUT2D eigenvalue weighted by molar-refractivity contribution is 5.98. The van der Waals surface area contributed by atoms with Crippen molar-refractivity contribution in [3.63, 3.8) is 0 Å². The second kappa shape index (κ2) is 11.2. The molecule has 3 aliphatic carbocycles. The van der Waals surface area contributed by atoms with E-state index in [0.717, 1.165) is 25.7 Å². The molecule has 0 aromatic heterocycles. The van der Waals surface area contributed by atoms with E-state index in [4.69, 9.17) is 9.47 Å². The maximum atomic E-state index is 13.5. The van der Waals surface area contributed by atoms with Gasteiger partial charge in [0.2, 0.25) is 5.91 Å². The SMILES string of the molecule is CCCNC(=O)C1C2CCC(C2)C1NC(=O)c1cc(OC2CCC(C(=O)O)CC2)c(C#N)cc1OC. The number of rotatable bonds is 9. The minimum atomic E-state index is -0.795. The third-order valence-corrected chi connectivity index (χ3v) is 8.05. The lowest BCUT2D eigenvalue weighted by Gasteiger charge is -2.31. The Morgan fingerprint density at radius 3 is 2.44 bits per heavy atom. The van der Waals surface area contributed by atoms with Crippen molar-refractivity contribution in [1.82, 2.24) is 10.6 Å². The van der Waals surface area contributed by atoms with Gasteiger partial charge >= 0.3 is 5.97 Å². The van der Waals surface area contributed by atoms with Crippen LogP contribution in [0, 0.1) is 35.0 Å². The smallest absolute Gasteiger partial charge is 0.306 e. The van der Waals surface area contributed by atoms with Gasteiger partial charge in [0.25, 0.3) is 5.91 Å². The predicted octanol–water partition coefficient (Wildman–Crippen LogP) is 3.26. The normalized spacial score (nSPS) is 28.7. The van der Waals surface area contributed by atoms with Crippen molar-refractivity contribution in [3.8, 4) is 17.6 Å². The van der Waals surface area contributed by atoms with Gasteiger partial charge in [0.05, 0.1) is 36.2 Å². The molecule has 3 N–H and O–H groups in total. The van der Waals surface area contributed by atoms with Crippen LogP contribution >= 0.6 is 0 Å². The van der Waals surface area contributed by atoms with Crippen molar-refractivity contribution >= 4 is 17.8 Å². The standard InChI is InChI=1S/C27H35N3O6/c1-3-10-29-26(32)23-16-4-5-17(11-16)24(23)30-25(31)20-13-21(18(14-28)12-22(20)35-2)36-19-8-6-15(7-9-19)27(33)34/h12-13,15-17,19,23-24H,3-11H2,1-2H3,(H,29,32)(H,30,31)(H,33,34). The van der Waals surface area contributed by atoms with Crippen LogP contribution in [0.1, 0.15) is 74.2 Å². The highest BCUT2D eigenvalue weighted by Gasteiger charge is 2.51. The Morgan fingerprint density at radius 2 is 1.81 bits per heavy atom. The number of nitriles is 1. The second-order valence-electron chi connectivity index (χ2n) is 10.2. The van der Waals surface area contributed by atoms with Crippen LogP contribution in [0.5, 0.6) is 11.5 Å². The fourth-order valence-corrected chi connectivity index (χ4v) is 6.17. The average Bonchev–Trinajstić information content (AvgIpc) is 3.49. The first-order chi connectivity index (χ1) is 17.4. The molecule has 36 heavy (non-hydrogen) atoms. The number of hydrogen-bond donors (Lipinski definition) is 3. The zero-order valence-corrected chi connectivity index (χ0v) is 20.9. The molecule has 0 saturated heterocycles. The van der Waals surface area contributed by atoms with Crippen molar-refractivity contribution in [2.45, 2.75) is 70.4 Å². The quantitative estimate of drug-likeness (QED) is 0.476. The summed E-state index contributed by atoms with van der Waals surface area (Å²) in [5, 5.41) is 25.0. The summed E-state index contributed by atoms with van der Waals surface area (Å²) in [6.45, 7) is 2.63. The number of carbonyl (C=O) groups is 3. The van der Waals surface area contributed by atoms with Crippen LogP contribution in [0.25, 0.3) is 0 Å². The first kappa shape index (κ1) is 25.8. The van der Waals surface area contributed by atoms with Crippen LogP contribution in [0.4, 0.5) is 0 Å². The number of ether oxygens (including phenoxy) is 2. The van der Waals surface area contributed by atoms with Gasteiger partial charge in [0.15, 0.2) is 0 Å². The minimum Gasteiger partial charge on any atom is -0.496 e. The highest BCUT2D eigenvalue weighted by atomic mass is 16.5. The van der Waals surface area contributed by atoms with Crippen molar-refractivity contribution in [2.75, 3.05) is 13.7 Å². The molecule has 3 aliphatic rings. The molecule has 2 amide bonds. The Labute approximate surface area is 211 Å².